The Morgan fingerprint density at radius 3 is 1.54 bits per heavy atom. The van der Waals surface area contributed by atoms with Crippen LogP contribution in [-0.2, 0) is 20.0 Å². The highest BCUT2D eigenvalue weighted by molar-refractivity contribution is 14.1. The van der Waals surface area contributed by atoms with Crippen molar-refractivity contribution in [3.05, 3.63) is 115 Å². The van der Waals surface area contributed by atoms with E-state index in [1.54, 1.807) is 51.2 Å². The van der Waals surface area contributed by atoms with E-state index in [0.29, 0.717) is 8.61 Å². The van der Waals surface area contributed by atoms with Crippen LogP contribution in [0.1, 0.15) is 10.4 Å². The molecule has 0 saturated carbocycles. The van der Waals surface area contributed by atoms with Gasteiger partial charge >= 0.3 is 5.97 Å². The number of sulfonamides is 2. The summed E-state index contributed by atoms with van der Waals surface area (Å²) in [4.78, 5) is 10.9. The van der Waals surface area contributed by atoms with E-state index in [4.69, 9.17) is 12.2 Å². The predicted molar refractivity (Wildman–Crippen MR) is 170 cm³/mol. The van der Waals surface area contributed by atoms with Gasteiger partial charge in [0.15, 0.2) is 0 Å². The topological polar surface area (TPSA) is 112 Å². The number of benzene rings is 4. The minimum absolute atomic E-state index is 0.0340. The van der Waals surface area contributed by atoms with E-state index in [-0.39, 0.29) is 29.0 Å². The fraction of sp³-hybridized carbons (Fsp3) is 0. The third kappa shape index (κ3) is 6.37. The third-order valence-electron chi connectivity index (χ3n) is 5.51. The molecule has 0 aliphatic heterocycles. The van der Waals surface area contributed by atoms with Crippen molar-refractivity contribution in [3.63, 3.8) is 0 Å². The number of nitrogens with zero attached hydrogens (tertiary/aromatic N) is 2. The lowest BCUT2D eigenvalue weighted by atomic mass is 10.2. The molecule has 0 spiro atoms. The molecule has 0 fully saturated rings. The standard InChI is InChI=1S/C26H16F2I2N2O6S3/c27-17-6-10-20(11-7-17)40(35,36)31(19-4-2-1-3-5-19)26(39)32(41(37,38)21-12-8-18(28)9-13-21)24-22(29)14-16(25(33)34)15-23(24)30/h1-15H,(H,33,34). The van der Waals surface area contributed by atoms with Crippen LogP contribution < -0.4 is 8.61 Å². The van der Waals surface area contributed by atoms with Gasteiger partial charge < -0.3 is 5.11 Å². The van der Waals surface area contributed by atoms with Crippen molar-refractivity contribution in [3.8, 4) is 0 Å². The lowest BCUT2D eigenvalue weighted by Gasteiger charge is -2.33. The minimum atomic E-state index is -4.75. The maximum atomic E-state index is 14.2. The molecule has 8 nitrogen and oxygen atoms in total. The van der Waals surface area contributed by atoms with Crippen LogP contribution >= 0.6 is 57.4 Å². The van der Waals surface area contributed by atoms with Gasteiger partial charge in [0.25, 0.3) is 20.0 Å². The Bertz CT molecular complexity index is 1830. The highest BCUT2D eigenvalue weighted by atomic mass is 127. The summed E-state index contributed by atoms with van der Waals surface area (Å²) in [5, 5.41) is 8.76. The van der Waals surface area contributed by atoms with Gasteiger partial charge in [0, 0.05) is 7.14 Å². The molecule has 0 aromatic heterocycles. The summed E-state index contributed by atoms with van der Waals surface area (Å²) < 4.78 is 85.2. The van der Waals surface area contributed by atoms with Gasteiger partial charge in [0.2, 0.25) is 5.11 Å². The van der Waals surface area contributed by atoms with Crippen LogP contribution in [0.5, 0.6) is 0 Å². The number of aromatic carboxylic acids is 1. The zero-order valence-electron chi connectivity index (χ0n) is 20.3. The summed E-state index contributed by atoms with van der Waals surface area (Å²) in [7, 11) is -9.41. The summed E-state index contributed by atoms with van der Waals surface area (Å²) in [5.41, 5.74) is -0.305. The van der Waals surface area contributed by atoms with Crippen molar-refractivity contribution in [2.45, 2.75) is 9.79 Å². The number of hydrogen-bond donors (Lipinski definition) is 1. The lowest BCUT2D eigenvalue weighted by Crippen LogP contribution is -2.49. The van der Waals surface area contributed by atoms with E-state index in [9.17, 15) is 35.5 Å². The molecule has 4 rings (SSSR count). The summed E-state index contributed by atoms with van der Waals surface area (Å²) in [6, 6.07) is 17.5. The van der Waals surface area contributed by atoms with Crippen molar-refractivity contribution in [2.24, 2.45) is 0 Å². The maximum absolute atomic E-state index is 14.2. The fourth-order valence-corrected chi connectivity index (χ4v) is 9.83. The Morgan fingerprint density at radius 2 is 1.12 bits per heavy atom. The van der Waals surface area contributed by atoms with Crippen molar-refractivity contribution in [1.29, 1.82) is 0 Å². The molecule has 0 heterocycles. The van der Waals surface area contributed by atoms with Gasteiger partial charge in [-0.05, 0) is 130 Å². The van der Waals surface area contributed by atoms with Gasteiger partial charge in [0.1, 0.15) is 11.6 Å². The highest BCUT2D eigenvalue weighted by Crippen LogP contribution is 2.37. The molecule has 0 amide bonds. The van der Waals surface area contributed by atoms with E-state index >= 15 is 0 Å². The van der Waals surface area contributed by atoms with Gasteiger partial charge in [-0.2, -0.15) is 0 Å². The molecule has 1 N–H and O–H groups in total. The number of carboxylic acids is 1. The summed E-state index contributed by atoms with van der Waals surface area (Å²) >= 11 is 9.09. The molecule has 0 bridgehead atoms. The first-order valence-corrected chi connectivity index (χ1v) is 16.6. The Hall–Kier alpha value is -2.74. The zero-order valence-corrected chi connectivity index (χ0v) is 27.0. The molecule has 41 heavy (non-hydrogen) atoms. The van der Waals surface area contributed by atoms with Gasteiger partial charge in [-0.25, -0.2) is 39.0 Å². The van der Waals surface area contributed by atoms with Gasteiger partial charge in [-0.1, -0.05) is 18.2 Å². The van der Waals surface area contributed by atoms with E-state index in [1.165, 1.54) is 36.4 Å². The van der Waals surface area contributed by atoms with Crippen molar-refractivity contribution in [2.75, 3.05) is 8.61 Å². The number of anilines is 2. The van der Waals surface area contributed by atoms with Crippen molar-refractivity contribution < 1.29 is 35.5 Å². The highest BCUT2D eigenvalue weighted by Gasteiger charge is 2.40. The second kappa shape index (κ2) is 12.2. The number of hydrogen-bond acceptors (Lipinski definition) is 6. The van der Waals surface area contributed by atoms with Crippen molar-refractivity contribution in [1.82, 2.24) is 0 Å². The van der Waals surface area contributed by atoms with Gasteiger partial charge in [-0.15, -0.1) is 0 Å². The molecular formula is C26H16F2I2N2O6S3. The number of carboxylic acid groups (broad SMARTS) is 1. The van der Waals surface area contributed by atoms with E-state index in [2.05, 4.69) is 0 Å². The van der Waals surface area contributed by atoms with Crippen LogP contribution in [0.4, 0.5) is 20.2 Å². The third-order valence-corrected chi connectivity index (χ3v) is 11.2. The quantitative estimate of drug-likeness (QED) is 0.173. The number of halogens is 4. The Kier molecular flexibility index (Phi) is 9.32. The molecule has 0 atom stereocenters. The number of thiocarbonyl (C=S) groups is 1. The SMILES string of the molecule is O=C(O)c1cc(I)c(N(C(=S)N(c2ccccc2)S(=O)(=O)c2ccc(F)cc2)S(=O)(=O)c2ccc(F)cc2)c(I)c1. The van der Waals surface area contributed by atoms with E-state index in [0.717, 1.165) is 48.5 Å². The predicted octanol–water partition coefficient (Wildman–Crippen LogP) is 6.25. The van der Waals surface area contributed by atoms with Crippen LogP contribution in [0, 0.1) is 18.8 Å². The molecular weight excluding hydrogens is 824 g/mol. The normalized spacial score (nSPS) is 11.6. The first kappa shape index (κ1) is 31.2. The van der Waals surface area contributed by atoms with E-state index in [1.807, 2.05) is 0 Å². The second-order valence-electron chi connectivity index (χ2n) is 8.16. The molecule has 0 unspecified atom stereocenters. The molecule has 4 aromatic rings. The Morgan fingerprint density at radius 1 is 0.707 bits per heavy atom. The van der Waals surface area contributed by atoms with Crippen LogP contribution in [0.15, 0.2) is 101 Å². The van der Waals surface area contributed by atoms with Gasteiger partial charge in [-0.3, -0.25) is 0 Å². The smallest absolute Gasteiger partial charge is 0.335 e. The van der Waals surface area contributed by atoms with Crippen LogP contribution in [0.2, 0.25) is 0 Å². The van der Waals surface area contributed by atoms with Crippen LogP contribution in [-0.4, -0.2) is 33.0 Å². The lowest BCUT2D eigenvalue weighted by molar-refractivity contribution is 0.0696. The molecule has 4 aromatic carbocycles. The van der Waals surface area contributed by atoms with Crippen molar-refractivity contribution >= 4 is 99.9 Å². The van der Waals surface area contributed by atoms with Gasteiger partial charge in [0.05, 0.1) is 26.7 Å². The molecule has 0 aliphatic carbocycles. The molecule has 0 saturated heterocycles. The average Bonchev–Trinajstić information content (AvgIpc) is 2.91. The number of carbonyl (C=O) groups is 1. The fourth-order valence-electron chi connectivity index (χ4n) is 3.62. The monoisotopic (exact) mass is 840 g/mol. The number of para-hydroxylation sites is 1. The Labute approximate surface area is 267 Å². The first-order chi connectivity index (χ1) is 19.2. The first-order valence-electron chi connectivity index (χ1n) is 11.2. The van der Waals surface area contributed by atoms with Crippen LogP contribution in [0.3, 0.4) is 0 Å². The minimum Gasteiger partial charge on any atom is -0.478 e. The number of rotatable bonds is 7. The largest absolute Gasteiger partial charge is 0.478 e. The molecule has 0 radical (unpaired) electrons. The molecule has 0 aliphatic rings. The molecule has 212 valence electrons. The molecule has 15 heteroatoms. The summed E-state index contributed by atoms with van der Waals surface area (Å²) in [6.45, 7) is 0. The van der Waals surface area contributed by atoms with E-state index < -0.39 is 47.7 Å². The Balaban J connectivity index is 2.04. The maximum Gasteiger partial charge on any atom is 0.335 e. The second-order valence-corrected chi connectivity index (χ2v) is 14.4. The summed E-state index contributed by atoms with van der Waals surface area (Å²) in [6.07, 6.45) is 0. The average molecular weight is 840 g/mol. The zero-order chi connectivity index (χ0) is 30.1. The van der Waals surface area contributed by atoms with Crippen LogP contribution in [0.25, 0.3) is 0 Å². The summed E-state index contributed by atoms with van der Waals surface area (Å²) in [5.74, 6) is -2.67.